The highest BCUT2D eigenvalue weighted by Gasteiger charge is 2.04. The van der Waals surface area contributed by atoms with E-state index in [-0.39, 0.29) is 5.91 Å². The smallest absolute Gasteiger partial charge is 0.271 e. The summed E-state index contributed by atoms with van der Waals surface area (Å²) in [5.41, 5.74) is 0.319. The SMILES string of the molecule is C=CCSCCNc1ccc(C(=O)NC)nn1. The molecule has 0 bridgehead atoms. The molecular formula is C11H16N4OS. The van der Waals surface area contributed by atoms with Crippen molar-refractivity contribution in [2.24, 2.45) is 0 Å². The van der Waals surface area contributed by atoms with Gasteiger partial charge in [0.05, 0.1) is 0 Å². The lowest BCUT2D eigenvalue weighted by Crippen LogP contribution is -2.20. The van der Waals surface area contributed by atoms with Gasteiger partial charge in [0, 0.05) is 25.1 Å². The summed E-state index contributed by atoms with van der Waals surface area (Å²) in [6.07, 6.45) is 1.88. The topological polar surface area (TPSA) is 66.9 Å². The molecule has 0 spiro atoms. The first-order chi connectivity index (χ1) is 8.27. The summed E-state index contributed by atoms with van der Waals surface area (Å²) < 4.78 is 0. The molecule has 0 aliphatic heterocycles. The molecule has 0 saturated heterocycles. The minimum absolute atomic E-state index is 0.231. The van der Waals surface area contributed by atoms with Crippen molar-refractivity contribution in [2.75, 3.05) is 30.4 Å². The van der Waals surface area contributed by atoms with Crippen LogP contribution in [0.3, 0.4) is 0 Å². The van der Waals surface area contributed by atoms with Gasteiger partial charge in [-0.2, -0.15) is 11.8 Å². The summed E-state index contributed by atoms with van der Waals surface area (Å²) in [6, 6.07) is 3.39. The minimum atomic E-state index is -0.231. The van der Waals surface area contributed by atoms with Gasteiger partial charge in [0.15, 0.2) is 5.69 Å². The van der Waals surface area contributed by atoms with Crippen LogP contribution >= 0.6 is 11.8 Å². The third kappa shape index (κ3) is 4.86. The van der Waals surface area contributed by atoms with E-state index >= 15 is 0 Å². The van der Waals surface area contributed by atoms with Gasteiger partial charge in [-0.15, -0.1) is 16.8 Å². The minimum Gasteiger partial charge on any atom is -0.368 e. The molecule has 17 heavy (non-hydrogen) atoms. The number of rotatable bonds is 7. The quantitative estimate of drug-likeness (QED) is 0.563. The van der Waals surface area contributed by atoms with Gasteiger partial charge in [0.1, 0.15) is 5.82 Å². The Hall–Kier alpha value is -1.56. The van der Waals surface area contributed by atoms with Crippen LogP contribution < -0.4 is 10.6 Å². The van der Waals surface area contributed by atoms with Gasteiger partial charge in [-0.05, 0) is 12.1 Å². The Kier molecular flexibility index (Phi) is 6.09. The average Bonchev–Trinajstić information content (AvgIpc) is 2.38. The summed E-state index contributed by atoms with van der Waals surface area (Å²) in [5, 5.41) is 13.4. The van der Waals surface area contributed by atoms with Crippen LogP contribution in [0.25, 0.3) is 0 Å². The summed E-state index contributed by atoms with van der Waals surface area (Å²) in [5.74, 6) is 2.37. The van der Waals surface area contributed by atoms with Crippen molar-refractivity contribution in [1.82, 2.24) is 15.5 Å². The highest BCUT2D eigenvalue weighted by molar-refractivity contribution is 7.99. The molecular weight excluding hydrogens is 236 g/mol. The molecule has 1 aromatic rings. The standard InChI is InChI=1S/C11H16N4OS/c1-3-7-17-8-6-13-10-5-4-9(14-15-10)11(16)12-2/h3-5H,1,6-8H2,2H3,(H,12,16)(H,13,15). The predicted molar refractivity (Wildman–Crippen MR) is 71.4 cm³/mol. The second-order valence-corrected chi connectivity index (χ2v) is 4.32. The lowest BCUT2D eigenvalue weighted by molar-refractivity contribution is 0.0957. The van der Waals surface area contributed by atoms with Crippen molar-refractivity contribution < 1.29 is 4.79 Å². The number of hydrogen-bond acceptors (Lipinski definition) is 5. The molecule has 1 aromatic heterocycles. The lowest BCUT2D eigenvalue weighted by atomic mass is 10.3. The van der Waals surface area contributed by atoms with Gasteiger partial charge in [-0.1, -0.05) is 6.08 Å². The van der Waals surface area contributed by atoms with E-state index in [0.717, 1.165) is 18.1 Å². The van der Waals surface area contributed by atoms with Gasteiger partial charge in [-0.25, -0.2) is 0 Å². The Bertz CT molecular complexity index is 366. The van der Waals surface area contributed by atoms with Crippen LogP contribution in [0.1, 0.15) is 10.5 Å². The molecule has 0 saturated carbocycles. The molecule has 0 fully saturated rings. The lowest BCUT2D eigenvalue weighted by Gasteiger charge is -2.04. The zero-order chi connectivity index (χ0) is 12.5. The second kappa shape index (κ2) is 7.67. The van der Waals surface area contributed by atoms with Crippen LogP contribution in [0, 0.1) is 0 Å². The van der Waals surface area contributed by atoms with E-state index < -0.39 is 0 Å². The maximum Gasteiger partial charge on any atom is 0.271 e. The van der Waals surface area contributed by atoms with Gasteiger partial charge >= 0.3 is 0 Å². The number of hydrogen-bond donors (Lipinski definition) is 2. The normalized spacial score (nSPS) is 9.71. The fourth-order valence-electron chi connectivity index (χ4n) is 1.09. The van der Waals surface area contributed by atoms with E-state index in [4.69, 9.17) is 0 Å². The number of aromatic nitrogens is 2. The zero-order valence-corrected chi connectivity index (χ0v) is 10.6. The molecule has 0 aromatic carbocycles. The van der Waals surface area contributed by atoms with Gasteiger partial charge in [0.25, 0.3) is 5.91 Å². The first-order valence-corrected chi connectivity index (χ1v) is 6.41. The Balaban J connectivity index is 2.35. The van der Waals surface area contributed by atoms with Crippen molar-refractivity contribution in [3.05, 3.63) is 30.5 Å². The molecule has 5 nitrogen and oxygen atoms in total. The fraction of sp³-hybridized carbons (Fsp3) is 0.364. The van der Waals surface area contributed by atoms with Gasteiger partial charge < -0.3 is 10.6 Å². The summed E-state index contributed by atoms with van der Waals surface area (Å²) in [7, 11) is 1.56. The van der Waals surface area contributed by atoms with Crippen molar-refractivity contribution in [2.45, 2.75) is 0 Å². The monoisotopic (exact) mass is 252 g/mol. The van der Waals surface area contributed by atoms with Crippen LogP contribution in [0.15, 0.2) is 24.8 Å². The Labute approximate surface area is 105 Å². The highest BCUT2D eigenvalue weighted by Crippen LogP contribution is 2.03. The van der Waals surface area contributed by atoms with Crippen LogP contribution in [-0.2, 0) is 0 Å². The van der Waals surface area contributed by atoms with E-state index in [1.807, 2.05) is 6.08 Å². The van der Waals surface area contributed by atoms with Crippen LogP contribution in [0.2, 0.25) is 0 Å². The third-order valence-corrected chi connectivity index (χ3v) is 2.88. The fourth-order valence-corrected chi connectivity index (χ4v) is 1.67. The molecule has 6 heteroatoms. The van der Waals surface area contributed by atoms with Crippen molar-refractivity contribution in [3.8, 4) is 0 Å². The average molecular weight is 252 g/mol. The maximum atomic E-state index is 11.2. The van der Waals surface area contributed by atoms with E-state index in [1.165, 1.54) is 0 Å². The molecule has 0 aliphatic rings. The number of carbonyl (C=O) groups excluding carboxylic acids is 1. The third-order valence-electron chi connectivity index (χ3n) is 1.91. The van der Waals surface area contributed by atoms with E-state index in [9.17, 15) is 4.79 Å². The van der Waals surface area contributed by atoms with Crippen LogP contribution in [0.4, 0.5) is 5.82 Å². The Morgan fingerprint density at radius 1 is 1.53 bits per heavy atom. The molecule has 2 N–H and O–H groups in total. The number of anilines is 1. The Morgan fingerprint density at radius 2 is 2.35 bits per heavy atom. The van der Waals surface area contributed by atoms with E-state index in [1.54, 1.807) is 30.9 Å². The van der Waals surface area contributed by atoms with Crippen LogP contribution in [0.5, 0.6) is 0 Å². The molecule has 92 valence electrons. The van der Waals surface area contributed by atoms with Gasteiger partial charge in [-0.3, -0.25) is 4.79 Å². The molecule has 0 atom stereocenters. The van der Waals surface area contributed by atoms with Crippen molar-refractivity contribution in [1.29, 1.82) is 0 Å². The number of carbonyl (C=O) groups is 1. The molecule has 1 rings (SSSR count). The largest absolute Gasteiger partial charge is 0.368 e. The summed E-state index contributed by atoms with van der Waals surface area (Å²) in [6.45, 7) is 4.46. The molecule has 1 heterocycles. The molecule has 0 radical (unpaired) electrons. The molecule has 0 aliphatic carbocycles. The first kappa shape index (κ1) is 13.5. The Morgan fingerprint density at radius 3 is 2.94 bits per heavy atom. The second-order valence-electron chi connectivity index (χ2n) is 3.17. The number of amides is 1. The number of thioether (sulfide) groups is 1. The summed E-state index contributed by atoms with van der Waals surface area (Å²) in [4.78, 5) is 11.2. The zero-order valence-electron chi connectivity index (χ0n) is 9.77. The molecule has 0 unspecified atom stereocenters. The molecule has 1 amide bonds. The van der Waals surface area contributed by atoms with Crippen molar-refractivity contribution in [3.63, 3.8) is 0 Å². The van der Waals surface area contributed by atoms with Crippen molar-refractivity contribution >= 4 is 23.5 Å². The predicted octanol–water partition coefficient (Wildman–Crippen LogP) is 1.17. The number of nitrogens with one attached hydrogen (secondary N) is 2. The summed E-state index contributed by atoms with van der Waals surface area (Å²) >= 11 is 1.79. The van der Waals surface area contributed by atoms with E-state index in [0.29, 0.717) is 11.5 Å². The number of nitrogens with zero attached hydrogens (tertiary/aromatic N) is 2. The maximum absolute atomic E-state index is 11.2. The van der Waals surface area contributed by atoms with Gasteiger partial charge in [0.2, 0.25) is 0 Å². The van der Waals surface area contributed by atoms with Crippen LogP contribution in [-0.4, -0.2) is 41.2 Å². The highest BCUT2D eigenvalue weighted by atomic mass is 32.2. The first-order valence-electron chi connectivity index (χ1n) is 5.26. The van der Waals surface area contributed by atoms with E-state index in [2.05, 4.69) is 27.4 Å².